The van der Waals surface area contributed by atoms with Gasteiger partial charge in [-0.2, -0.15) is 10.2 Å². The van der Waals surface area contributed by atoms with Gasteiger partial charge < -0.3 is 11.1 Å². The summed E-state index contributed by atoms with van der Waals surface area (Å²) >= 11 is 0.857. The number of fused-ring (bicyclic) bond motifs is 1. The Morgan fingerprint density at radius 1 is 1.18 bits per heavy atom. The van der Waals surface area contributed by atoms with E-state index in [2.05, 4.69) is 20.5 Å². The Morgan fingerprint density at radius 3 is 2.52 bits per heavy atom. The Labute approximate surface area is 191 Å². The Morgan fingerprint density at radius 2 is 1.91 bits per heavy atom. The molecule has 0 radical (unpaired) electrons. The largest absolute Gasteiger partial charge is 0.365 e. The Hall–Kier alpha value is -3.67. The molecule has 12 heteroatoms. The summed E-state index contributed by atoms with van der Waals surface area (Å²) in [4.78, 5) is 29.5. The number of nitrogens with two attached hydrogens (primary N) is 1. The molecule has 0 atom stereocenters. The minimum atomic E-state index is -2.83. The Balaban J connectivity index is 1.99. The summed E-state index contributed by atoms with van der Waals surface area (Å²) in [6.45, 7) is 6.61. The Bertz CT molecular complexity index is 1370. The minimum absolute atomic E-state index is 0.0154. The quantitative estimate of drug-likeness (QED) is 0.420. The van der Waals surface area contributed by atoms with E-state index in [4.69, 9.17) is 5.73 Å². The maximum Gasteiger partial charge on any atom is 0.280 e. The number of carbonyl (C=O) groups is 2. The molecule has 0 aromatic carbocycles. The number of nitrogens with zero attached hydrogens (tertiary/aromatic N) is 5. The molecule has 172 valence electrons. The highest BCUT2D eigenvalue weighted by atomic mass is 32.1. The first-order valence-electron chi connectivity index (χ1n) is 10.2. The van der Waals surface area contributed by atoms with Crippen LogP contribution in [0.4, 0.5) is 14.5 Å². The van der Waals surface area contributed by atoms with Crippen molar-refractivity contribution >= 4 is 39.1 Å². The molecule has 0 bridgehead atoms. The van der Waals surface area contributed by atoms with Crippen LogP contribution in [-0.2, 0) is 13.1 Å². The molecule has 0 saturated heterocycles. The number of primary amides is 1. The molecule has 9 nitrogen and oxygen atoms in total. The van der Waals surface area contributed by atoms with Crippen molar-refractivity contribution in [1.82, 2.24) is 24.5 Å². The molecule has 0 fully saturated rings. The second kappa shape index (κ2) is 8.70. The third-order valence-electron chi connectivity index (χ3n) is 5.31. The number of amides is 2. The van der Waals surface area contributed by atoms with Crippen LogP contribution in [0.5, 0.6) is 0 Å². The zero-order valence-electron chi connectivity index (χ0n) is 18.1. The van der Waals surface area contributed by atoms with Gasteiger partial charge in [0.15, 0.2) is 0 Å². The van der Waals surface area contributed by atoms with Crippen LogP contribution < -0.4 is 11.1 Å². The van der Waals surface area contributed by atoms with Gasteiger partial charge in [-0.25, -0.2) is 13.8 Å². The summed E-state index contributed by atoms with van der Waals surface area (Å²) in [6, 6.07) is 2.81. The van der Waals surface area contributed by atoms with Crippen LogP contribution in [0.15, 0.2) is 24.5 Å². The van der Waals surface area contributed by atoms with Gasteiger partial charge in [0.05, 0.1) is 11.9 Å². The molecule has 4 aromatic heterocycles. The minimum Gasteiger partial charge on any atom is -0.365 e. The van der Waals surface area contributed by atoms with Crippen molar-refractivity contribution in [2.45, 2.75) is 40.3 Å². The number of nitrogens with one attached hydrogen (secondary N) is 1. The molecule has 2 amide bonds. The van der Waals surface area contributed by atoms with E-state index < -0.39 is 23.9 Å². The van der Waals surface area contributed by atoms with Gasteiger partial charge in [-0.3, -0.25) is 19.0 Å². The molecule has 0 aliphatic heterocycles. The van der Waals surface area contributed by atoms with Gasteiger partial charge in [0.2, 0.25) is 0 Å². The average molecular weight is 474 g/mol. The number of halogens is 2. The predicted octanol–water partition coefficient (Wildman–Crippen LogP) is 3.99. The maximum atomic E-state index is 13.7. The summed E-state index contributed by atoms with van der Waals surface area (Å²) in [5, 5.41) is 11.5. The Kier molecular flexibility index (Phi) is 5.93. The number of alkyl halides is 2. The van der Waals surface area contributed by atoms with E-state index in [0.717, 1.165) is 17.0 Å². The van der Waals surface area contributed by atoms with Crippen LogP contribution in [0, 0.1) is 6.92 Å². The van der Waals surface area contributed by atoms with Crippen LogP contribution in [0.1, 0.15) is 51.8 Å². The predicted molar refractivity (Wildman–Crippen MR) is 121 cm³/mol. The van der Waals surface area contributed by atoms with Gasteiger partial charge in [-0.1, -0.05) is 0 Å². The van der Waals surface area contributed by atoms with E-state index in [1.807, 2.05) is 20.8 Å². The molecule has 4 rings (SSSR count). The molecule has 0 aliphatic carbocycles. The average Bonchev–Trinajstić information content (AvgIpc) is 3.49. The number of thiophene rings is 1. The van der Waals surface area contributed by atoms with Crippen molar-refractivity contribution in [2.75, 3.05) is 5.32 Å². The van der Waals surface area contributed by atoms with E-state index in [1.54, 1.807) is 16.9 Å². The number of rotatable bonds is 7. The normalized spacial score (nSPS) is 11.5. The number of carbonyl (C=O) groups excluding carboxylic acids is 2. The number of hydrogen-bond donors (Lipinski definition) is 2. The van der Waals surface area contributed by atoms with Crippen molar-refractivity contribution in [2.24, 2.45) is 5.73 Å². The maximum absolute atomic E-state index is 13.7. The van der Waals surface area contributed by atoms with Crippen LogP contribution in [0.3, 0.4) is 0 Å². The second-order valence-corrected chi connectivity index (χ2v) is 8.19. The number of pyridine rings is 1. The molecule has 4 heterocycles. The topological polar surface area (TPSA) is 121 Å². The highest BCUT2D eigenvalue weighted by Gasteiger charge is 2.27. The first-order chi connectivity index (χ1) is 15.8. The lowest BCUT2D eigenvalue weighted by Crippen LogP contribution is -2.19. The fourth-order valence-electron chi connectivity index (χ4n) is 3.72. The van der Waals surface area contributed by atoms with E-state index >= 15 is 0 Å². The standard InChI is InChI=1S/C21H21F2N7O2S/c1-4-29-10(3)12(9-26-29)11-8-13(18(22)23)27-21-15(11)16(17(33-21)19(24)31)28-20(32)14-6-7-25-30(14)5-2/h6-9,18H,4-5H2,1-3H3,(H2,24,31)(H,28,32). The first-order valence-corrected chi connectivity index (χ1v) is 11.0. The summed E-state index contributed by atoms with van der Waals surface area (Å²) in [6.07, 6.45) is 0.233. The third-order valence-corrected chi connectivity index (χ3v) is 6.41. The molecular formula is C21H21F2N7O2S. The molecule has 0 aliphatic rings. The zero-order valence-corrected chi connectivity index (χ0v) is 18.9. The SMILES string of the molecule is CCn1nccc1C(=O)Nc1c(C(N)=O)sc2nc(C(F)F)cc(-c3cnn(CC)c3C)c12. The van der Waals surface area contributed by atoms with Crippen molar-refractivity contribution in [3.63, 3.8) is 0 Å². The number of anilines is 1. The molecular weight excluding hydrogens is 452 g/mol. The lowest BCUT2D eigenvalue weighted by atomic mass is 10.0. The van der Waals surface area contributed by atoms with Gasteiger partial charge in [-0.15, -0.1) is 11.3 Å². The molecule has 4 aromatic rings. The molecule has 33 heavy (non-hydrogen) atoms. The van der Waals surface area contributed by atoms with Crippen LogP contribution in [-0.4, -0.2) is 36.4 Å². The van der Waals surface area contributed by atoms with Crippen molar-refractivity contribution in [1.29, 1.82) is 0 Å². The number of hydrogen-bond acceptors (Lipinski definition) is 6. The van der Waals surface area contributed by atoms with Gasteiger partial charge in [0, 0.05) is 35.9 Å². The molecule has 0 unspecified atom stereocenters. The lowest BCUT2D eigenvalue weighted by Gasteiger charge is -2.11. The smallest absolute Gasteiger partial charge is 0.280 e. The van der Waals surface area contributed by atoms with E-state index in [0.29, 0.717) is 29.6 Å². The van der Waals surface area contributed by atoms with Gasteiger partial charge in [0.1, 0.15) is 21.1 Å². The van der Waals surface area contributed by atoms with E-state index in [-0.39, 0.29) is 21.1 Å². The fourth-order valence-corrected chi connectivity index (χ4v) is 4.73. The molecule has 3 N–H and O–H groups in total. The van der Waals surface area contributed by atoms with Crippen molar-refractivity contribution in [3.8, 4) is 11.1 Å². The van der Waals surface area contributed by atoms with Crippen molar-refractivity contribution in [3.05, 3.63) is 46.5 Å². The van der Waals surface area contributed by atoms with Crippen LogP contribution in [0.25, 0.3) is 21.3 Å². The van der Waals surface area contributed by atoms with Gasteiger partial charge in [0.25, 0.3) is 18.2 Å². The summed E-state index contributed by atoms with van der Waals surface area (Å²) in [7, 11) is 0. The molecule has 0 spiro atoms. The monoisotopic (exact) mass is 473 g/mol. The van der Waals surface area contributed by atoms with Gasteiger partial charge >= 0.3 is 0 Å². The zero-order chi connectivity index (χ0) is 23.9. The molecule has 0 saturated carbocycles. The fraction of sp³-hybridized carbons (Fsp3) is 0.286. The van der Waals surface area contributed by atoms with Crippen LogP contribution in [0.2, 0.25) is 0 Å². The highest BCUT2D eigenvalue weighted by molar-refractivity contribution is 7.21. The van der Waals surface area contributed by atoms with E-state index in [1.165, 1.54) is 16.9 Å². The summed E-state index contributed by atoms with van der Waals surface area (Å²) < 4.78 is 30.5. The first kappa shape index (κ1) is 22.5. The highest BCUT2D eigenvalue weighted by Crippen LogP contribution is 2.43. The van der Waals surface area contributed by atoms with Crippen LogP contribution >= 0.6 is 11.3 Å². The second-order valence-electron chi connectivity index (χ2n) is 7.19. The third kappa shape index (κ3) is 3.86. The summed E-state index contributed by atoms with van der Waals surface area (Å²) in [5.74, 6) is -1.32. The lowest BCUT2D eigenvalue weighted by molar-refractivity contribution is 0.100. The van der Waals surface area contributed by atoms with E-state index in [9.17, 15) is 18.4 Å². The summed E-state index contributed by atoms with van der Waals surface area (Å²) in [5.41, 5.74) is 7.27. The van der Waals surface area contributed by atoms with Crippen molar-refractivity contribution < 1.29 is 18.4 Å². The van der Waals surface area contributed by atoms with Gasteiger partial charge in [-0.05, 0) is 38.5 Å². The number of aryl methyl sites for hydroxylation is 2. The number of aromatic nitrogens is 5.